The average molecular weight is 402 g/mol. The third-order valence-electron chi connectivity index (χ3n) is 3.93. The number of rotatable bonds is 18. The fraction of sp³-hybridized carbons (Fsp3) is 0.842. The van der Waals surface area contributed by atoms with Crippen molar-refractivity contribution in [1.82, 2.24) is 21.3 Å². The molecule has 0 rings (SSSR count). The zero-order chi connectivity index (χ0) is 21.0. The average Bonchev–Trinajstić information content (AvgIpc) is 2.65. The van der Waals surface area contributed by atoms with Gasteiger partial charge in [-0.25, -0.2) is 0 Å². The van der Waals surface area contributed by atoms with Crippen LogP contribution in [0.25, 0.3) is 0 Å². The van der Waals surface area contributed by atoms with Gasteiger partial charge < -0.3 is 31.7 Å². The number of esters is 1. The predicted octanol–water partition coefficient (Wildman–Crippen LogP) is -0.351. The van der Waals surface area contributed by atoms with Crippen LogP contribution >= 0.6 is 0 Å². The number of amides is 2. The maximum absolute atomic E-state index is 12.2. The molecule has 9 nitrogen and oxygen atoms in total. The Kier molecular flexibility index (Phi) is 17.5. The maximum Gasteiger partial charge on any atom is 0.302 e. The summed E-state index contributed by atoms with van der Waals surface area (Å²) >= 11 is 0. The van der Waals surface area contributed by atoms with Crippen molar-refractivity contribution in [2.45, 2.75) is 58.4 Å². The van der Waals surface area contributed by atoms with E-state index in [2.05, 4.69) is 21.3 Å². The monoisotopic (exact) mass is 401 g/mol. The van der Waals surface area contributed by atoms with Gasteiger partial charge in [-0.05, 0) is 64.8 Å². The number of nitrogens with two attached hydrogens (primary N) is 1. The molecular formula is C19H39N5O4. The largest absolute Gasteiger partial charge is 0.463 e. The van der Waals surface area contributed by atoms with Gasteiger partial charge in [-0.1, -0.05) is 6.92 Å². The highest BCUT2D eigenvalue weighted by atomic mass is 16.5. The van der Waals surface area contributed by atoms with Crippen LogP contribution in [0.15, 0.2) is 0 Å². The molecule has 0 aliphatic heterocycles. The van der Waals surface area contributed by atoms with Crippen LogP contribution < -0.4 is 27.0 Å². The molecule has 2 amide bonds. The van der Waals surface area contributed by atoms with Crippen LogP contribution in [0.5, 0.6) is 0 Å². The van der Waals surface area contributed by atoms with Crippen LogP contribution in [-0.2, 0) is 19.1 Å². The highest BCUT2D eigenvalue weighted by Crippen LogP contribution is 1.94. The topological polar surface area (TPSA) is 135 Å². The van der Waals surface area contributed by atoms with Gasteiger partial charge in [-0.3, -0.25) is 14.4 Å². The van der Waals surface area contributed by atoms with Gasteiger partial charge in [0.25, 0.3) is 0 Å². The van der Waals surface area contributed by atoms with E-state index < -0.39 is 12.0 Å². The molecule has 0 aromatic rings. The number of hydrogen-bond donors (Lipinski definition) is 5. The van der Waals surface area contributed by atoms with Crippen LogP contribution in [0.3, 0.4) is 0 Å². The zero-order valence-electron chi connectivity index (χ0n) is 17.5. The first-order valence-electron chi connectivity index (χ1n) is 10.3. The third-order valence-corrected chi connectivity index (χ3v) is 3.93. The minimum atomic E-state index is -0.854. The molecule has 6 N–H and O–H groups in total. The molecule has 1 unspecified atom stereocenters. The molecule has 28 heavy (non-hydrogen) atoms. The van der Waals surface area contributed by atoms with Crippen LogP contribution in [0.4, 0.5) is 0 Å². The lowest BCUT2D eigenvalue weighted by Gasteiger charge is -2.18. The second kappa shape index (κ2) is 18.6. The van der Waals surface area contributed by atoms with E-state index in [0.29, 0.717) is 19.4 Å². The SMILES string of the molecule is CCCC(=O)NC(COC(C)=O)C(=O)NCCCCNCCCNCCCN. The van der Waals surface area contributed by atoms with Gasteiger partial charge in [-0.15, -0.1) is 0 Å². The van der Waals surface area contributed by atoms with Gasteiger partial charge in [0, 0.05) is 19.9 Å². The molecule has 0 fully saturated rings. The Bertz CT molecular complexity index is 435. The minimum Gasteiger partial charge on any atom is -0.463 e. The summed E-state index contributed by atoms with van der Waals surface area (Å²) in [5.41, 5.74) is 5.43. The second-order valence-corrected chi connectivity index (χ2v) is 6.67. The van der Waals surface area contributed by atoms with E-state index in [1.165, 1.54) is 6.92 Å². The Morgan fingerprint density at radius 2 is 1.54 bits per heavy atom. The molecule has 1 atom stereocenters. The molecule has 0 radical (unpaired) electrons. The van der Waals surface area contributed by atoms with E-state index in [1.54, 1.807) is 0 Å². The van der Waals surface area contributed by atoms with Crippen LogP contribution in [0, 0.1) is 0 Å². The molecule has 0 saturated heterocycles. The van der Waals surface area contributed by atoms with Crippen LogP contribution in [-0.4, -0.2) is 69.7 Å². The minimum absolute atomic E-state index is 0.155. The van der Waals surface area contributed by atoms with Crippen molar-refractivity contribution in [1.29, 1.82) is 0 Å². The van der Waals surface area contributed by atoms with Crippen molar-refractivity contribution in [3.05, 3.63) is 0 Å². The van der Waals surface area contributed by atoms with E-state index in [9.17, 15) is 14.4 Å². The number of carbonyl (C=O) groups is 3. The molecule has 164 valence electrons. The molecule has 0 aliphatic rings. The Hall–Kier alpha value is -1.71. The summed E-state index contributed by atoms with van der Waals surface area (Å²) in [4.78, 5) is 34.9. The summed E-state index contributed by atoms with van der Waals surface area (Å²) in [5.74, 6) is -1.04. The van der Waals surface area contributed by atoms with Gasteiger partial charge in [0.15, 0.2) is 0 Å². The van der Waals surface area contributed by atoms with E-state index in [-0.39, 0.29) is 18.4 Å². The molecule has 9 heteroatoms. The fourth-order valence-electron chi connectivity index (χ4n) is 2.40. The first kappa shape index (κ1) is 26.3. The maximum atomic E-state index is 12.2. The molecule has 0 aromatic heterocycles. The summed E-state index contributed by atoms with van der Waals surface area (Å²) in [6.45, 7) is 8.03. The molecule has 0 spiro atoms. The van der Waals surface area contributed by atoms with Crippen molar-refractivity contribution < 1.29 is 19.1 Å². The highest BCUT2D eigenvalue weighted by molar-refractivity contribution is 5.87. The normalized spacial score (nSPS) is 11.7. The number of ether oxygens (including phenoxy) is 1. The van der Waals surface area contributed by atoms with Crippen LogP contribution in [0.2, 0.25) is 0 Å². The zero-order valence-corrected chi connectivity index (χ0v) is 17.5. The summed E-state index contributed by atoms with van der Waals surface area (Å²) in [6, 6.07) is -0.854. The second-order valence-electron chi connectivity index (χ2n) is 6.67. The van der Waals surface area contributed by atoms with Crippen molar-refractivity contribution in [3.63, 3.8) is 0 Å². The molecule has 0 saturated carbocycles. The lowest BCUT2D eigenvalue weighted by molar-refractivity contribution is -0.144. The summed E-state index contributed by atoms with van der Waals surface area (Å²) in [5, 5.41) is 12.1. The predicted molar refractivity (Wildman–Crippen MR) is 110 cm³/mol. The van der Waals surface area contributed by atoms with E-state index in [0.717, 1.165) is 58.4 Å². The molecule has 0 aliphatic carbocycles. The number of carbonyl (C=O) groups excluding carboxylic acids is 3. The van der Waals surface area contributed by atoms with E-state index in [4.69, 9.17) is 10.5 Å². The molecule has 0 heterocycles. The van der Waals surface area contributed by atoms with Gasteiger partial charge in [0.1, 0.15) is 12.6 Å². The molecule has 0 aromatic carbocycles. The molecule has 0 bridgehead atoms. The Morgan fingerprint density at radius 3 is 2.14 bits per heavy atom. The van der Waals surface area contributed by atoms with Gasteiger partial charge in [-0.2, -0.15) is 0 Å². The summed E-state index contributed by atoms with van der Waals surface area (Å²) < 4.78 is 4.88. The summed E-state index contributed by atoms with van der Waals surface area (Å²) in [7, 11) is 0. The van der Waals surface area contributed by atoms with Crippen molar-refractivity contribution in [2.75, 3.05) is 45.9 Å². The van der Waals surface area contributed by atoms with Crippen molar-refractivity contribution in [2.24, 2.45) is 5.73 Å². The fourth-order valence-corrected chi connectivity index (χ4v) is 2.40. The van der Waals surface area contributed by atoms with Crippen molar-refractivity contribution >= 4 is 17.8 Å². The highest BCUT2D eigenvalue weighted by Gasteiger charge is 2.21. The number of unbranched alkanes of at least 4 members (excludes halogenated alkanes) is 1. The van der Waals surface area contributed by atoms with E-state index >= 15 is 0 Å². The van der Waals surface area contributed by atoms with E-state index in [1.807, 2.05) is 6.92 Å². The lowest BCUT2D eigenvalue weighted by atomic mass is 10.2. The molecular weight excluding hydrogens is 362 g/mol. The number of nitrogens with one attached hydrogen (secondary N) is 4. The number of hydrogen-bond acceptors (Lipinski definition) is 7. The van der Waals surface area contributed by atoms with Crippen LogP contribution in [0.1, 0.15) is 52.4 Å². The quantitative estimate of drug-likeness (QED) is 0.156. The lowest BCUT2D eigenvalue weighted by Crippen LogP contribution is -2.49. The first-order valence-corrected chi connectivity index (χ1v) is 10.3. The Balaban J connectivity index is 3.82. The first-order chi connectivity index (χ1) is 13.5. The van der Waals surface area contributed by atoms with Gasteiger partial charge in [0.2, 0.25) is 11.8 Å². The standard InChI is InChI=1S/C19H39N5O4/c1-3-8-18(26)24-17(15-28-16(2)25)19(27)23-14-5-4-10-21-12-7-13-22-11-6-9-20/h17,21-22H,3-15,20H2,1-2H3,(H,23,27)(H,24,26). The smallest absolute Gasteiger partial charge is 0.302 e. The summed E-state index contributed by atoms with van der Waals surface area (Å²) in [6.07, 6.45) is 4.86. The van der Waals surface area contributed by atoms with Gasteiger partial charge in [0.05, 0.1) is 0 Å². The van der Waals surface area contributed by atoms with Crippen molar-refractivity contribution in [3.8, 4) is 0 Å². The third kappa shape index (κ3) is 16.5. The Morgan fingerprint density at radius 1 is 0.929 bits per heavy atom. The Labute approximate surface area is 168 Å². The van der Waals surface area contributed by atoms with Gasteiger partial charge >= 0.3 is 5.97 Å².